The fraction of sp³-hybridized carbons (Fsp3) is 0.318. The Kier molecular flexibility index (Phi) is 5.86. The SMILES string of the molecule is CC(On1c(=O)[nH]c2nc(-c3cnn(C[C@@H]4CCNC4)c3)ccc21)c1c(Cl)ccc(F)c1Cl. The number of benzene rings is 1. The van der Waals surface area contributed by atoms with Gasteiger partial charge < -0.3 is 10.2 Å². The molecule has 2 N–H and O–H groups in total. The minimum absolute atomic E-state index is 0.145. The van der Waals surface area contributed by atoms with Crippen molar-refractivity contribution >= 4 is 34.4 Å². The Morgan fingerprint density at radius 2 is 2.15 bits per heavy atom. The second-order valence-electron chi connectivity index (χ2n) is 8.10. The minimum atomic E-state index is -0.791. The van der Waals surface area contributed by atoms with Crippen LogP contribution in [0.4, 0.5) is 4.39 Å². The average Bonchev–Trinajstić information content (AvgIpc) is 3.53. The number of rotatable bonds is 6. The predicted octanol–water partition coefficient (Wildman–Crippen LogP) is 3.83. The highest BCUT2D eigenvalue weighted by Gasteiger charge is 2.21. The summed E-state index contributed by atoms with van der Waals surface area (Å²) < 4.78 is 16.9. The lowest BCUT2D eigenvalue weighted by Gasteiger charge is -2.17. The van der Waals surface area contributed by atoms with Crippen LogP contribution in [0.1, 0.15) is 25.0 Å². The lowest BCUT2D eigenvalue weighted by Crippen LogP contribution is -2.26. The van der Waals surface area contributed by atoms with E-state index < -0.39 is 17.6 Å². The van der Waals surface area contributed by atoms with E-state index in [1.807, 2.05) is 10.9 Å². The molecule has 0 aliphatic carbocycles. The first kappa shape index (κ1) is 21.9. The molecule has 0 spiro atoms. The van der Waals surface area contributed by atoms with E-state index in [0.717, 1.165) is 36.3 Å². The number of halogens is 3. The van der Waals surface area contributed by atoms with E-state index in [2.05, 4.69) is 20.4 Å². The van der Waals surface area contributed by atoms with Crippen LogP contribution in [0.2, 0.25) is 10.0 Å². The summed E-state index contributed by atoms with van der Waals surface area (Å²) in [5.41, 5.74) is 2.06. The van der Waals surface area contributed by atoms with Crippen LogP contribution in [0.15, 0.2) is 41.5 Å². The average molecular weight is 491 g/mol. The van der Waals surface area contributed by atoms with Crippen molar-refractivity contribution in [2.24, 2.45) is 5.92 Å². The first-order chi connectivity index (χ1) is 15.9. The molecule has 4 heterocycles. The van der Waals surface area contributed by atoms with Crippen molar-refractivity contribution in [3.8, 4) is 11.3 Å². The number of imidazole rings is 1. The number of aromatic nitrogens is 5. The first-order valence-electron chi connectivity index (χ1n) is 10.6. The molecule has 4 aromatic rings. The van der Waals surface area contributed by atoms with Gasteiger partial charge >= 0.3 is 5.69 Å². The zero-order valence-electron chi connectivity index (χ0n) is 17.7. The van der Waals surface area contributed by atoms with Gasteiger partial charge in [0.2, 0.25) is 0 Å². The third-order valence-corrected chi connectivity index (χ3v) is 6.50. The summed E-state index contributed by atoms with van der Waals surface area (Å²) in [6.07, 6.45) is 4.06. The highest BCUT2D eigenvalue weighted by atomic mass is 35.5. The van der Waals surface area contributed by atoms with Crippen molar-refractivity contribution in [1.29, 1.82) is 0 Å². The first-order valence-corrected chi connectivity index (χ1v) is 11.3. The normalized spacial score (nSPS) is 17.0. The Bertz CT molecular complexity index is 1380. The van der Waals surface area contributed by atoms with E-state index in [1.54, 1.807) is 25.3 Å². The summed E-state index contributed by atoms with van der Waals surface area (Å²) >= 11 is 12.3. The summed E-state index contributed by atoms with van der Waals surface area (Å²) in [5, 5.41) is 7.90. The van der Waals surface area contributed by atoms with Gasteiger partial charge in [-0.3, -0.25) is 9.67 Å². The number of nitrogens with zero attached hydrogens (tertiary/aromatic N) is 4. The van der Waals surface area contributed by atoms with Crippen molar-refractivity contribution in [2.75, 3.05) is 13.1 Å². The highest BCUT2D eigenvalue weighted by molar-refractivity contribution is 6.36. The van der Waals surface area contributed by atoms with Crippen LogP contribution < -0.4 is 15.8 Å². The Labute approximate surface area is 198 Å². The lowest BCUT2D eigenvalue weighted by atomic mass is 10.1. The van der Waals surface area contributed by atoms with Gasteiger partial charge in [0.25, 0.3) is 0 Å². The molecule has 3 aromatic heterocycles. The highest BCUT2D eigenvalue weighted by Crippen LogP contribution is 2.33. The predicted molar refractivity (Wildman–Crippen MR) is 124 cm³/mol. The Morgan fingerprint density at radius 1 is 1.30 bits per heavy atom. The van der Waals surface area contributed by atoms with Crippen LogP contribution in [0.5, 0.6) is 0 Å². The number of hydrogen-bond donors (Lipinski definition) is 2. The van der Waals surface area contributed by atoms with Crippen LogP contribution in [0.3, 0.4) is 0 Å². The van der Waals surface area contributed by atoms with Crippen molar-refractivity contribution < 1.29 is 9.23 Å². The molecule has 1 aromatic carbocycles. The van der Waals surface area contributed by atoms with Gasteiger partial charge in [-0.05, 0) is 56.6 Å². The molecular formula is C22H21Cl2FN6O2. The van der Waals surface area contributed by atoms with E-state index in [-0.39, 0.29) is 15.6 Å². The zero-order chi connectivity index (χ0) is 23.1. The van der Waals surface area contributed by atoms with Gasteiger partial charge in [0.1, 0.15) is 11.3 Å². The maximum atomic E-state index is 13.9. The molecule has 2 atom stereocenters. The molecule has 0 amide bonds. The second kappa shape index (κ2) is 8.81. The van der Waals surface area contributed by atoms with Gasteiger partial charge in [-0.2, -0.15) is 5.10 Å². The third-order valence-electron chi connectivity index (χ3n) is 5.79. The van der Waals surface area contributed by atoms with E-state index in [9.17, 15) is 9.18 Å². The Balaban J connectivity index is 1.41. The summed E-state index contributed by atoms with van der Waals surface area (Å²) in [7, 11) is 0. The van der Waals surface area contributed by atoms with Crippen molar-refractivity contribution in [1.82, 2.24) is 29.8 Å². The molecule has 0 radical (unpaired) electrons. The number of fused-ring (bicyclic) bond motifs is 1. The molecule has 0 saturated carbocycles. The maximum Gasteiger partial charge on any atom is 0.360 e. The summed E-state index contributed by atoms with van der Waals surface area (Å²) in [4.78, 5) is 25.6. The summed E-state index contributed by atoms with van der Waals surface area (Å²) in [6, 6.07) is 6.10. The van der Waals surface area contributed by atoms with Crippen LogP contribution in [0.25, 0.3) is 22.4 Å². The Morgan fingerprint density at radius 3 is 2.94 bits per heavy atom. The second-order valence-corrected chi connectivity index (χ2v) is 8.89. The largest absolute Gasteiger partial charge is 0.401 e. The molecule has 33 heavy (non-hydrogen) atoms. The van der Waals surface area contributed by atoms with Gasteiger partial charge in [-0.1, -0.05) is 23.2 Å². The quantitative estimate of drug-likeness (QED) is 0.401. The number of hydrogen-bond acceptors (Lipinski definition) is 5. The topological polar surface area (TPSA) is 89.8 Å². The molecule has 5 rings (SSSR count). The van der Waals surface area contributed by atoms with Crippen molar-refractivity contribution in [3.63, 3.8) is 0 Å². The Hall–Kier alpha value is -2.88. The fourth-order valence-corrected chi connectivity index (χ4v) is 4.77. The molecule has 172 valence electrons. The monoisotopic (exact) mass is 490 g/mol. The van der Waals surface area contributed by atoms with Gasteiger partial charge in [-0.25, -0.2) is 14.2 Å². The van der Waals surface area contributed by atoms with Crippen LogP contribution in [0, 0.1) is 11.7 Å². The minimum Gasteiger partial charge on any atom is -0.401 e. The van der Waals surface area contributed by atoms with E-state index in [1.165, 1.54) is 12.1 Å². The lowest BCUT2D eigenvalue weighted by molar-refractivity contribution is 0.0492. The molecule has 0 bridgehead atoms. The van der Waals surface area contributed by atoms with Crippen molar-refractivity contribution in [2.45, 2.75) is 26.0 Å². The molecule has 8 nitrogen and oxygen atoms in total. The number of nitrogens with one attached hydrogen (secondary N) is 2. The van der Waals surface area contributed by atoms with Crippen LogP contribution in [-0.4, -0.2) is 37.6 Å². The smallest absolute Gasteiger partial charge is 0.360 e. The van der Waals surface area contributed by atoms with Gasteiger partial charge in [-0.15, -0.1) is 4.73 Å². The molecule has 1 aliphatic rings. The van der Waals surface area contributed by atoms with Gasteiger partial charge in [0, 0.05) is 28.9 Å². The molecule has 1 aliphatic heterocycles. The van der Waals surface area contributed by atoms with Crippen LogP contribution >= 0.6 is 23.2 Å². The van der Waals surface area contributed by atoms with Crippen LogP contribution in [-0.2, 0) is 6.54 Å². The van der Waals surface area contributed by atoms with Gasteiger partial charge in [0.05, 0.1) is 16.9 Å². The van der Waals surface area contributed by atoms with E-state index >= 15 is 0 Å². The molecule has 1 saturated heterocycles. The third kappa shape index (κ3) is 4.23. The molecule has 1 unspecified atom stereocenters. The van der Waals surface area contributed by atoms with E-state index in [4.69, 9.17) is 28.0 Å². The molecule has 1 fully saturated rings. The number of aromatic amines is 1. The van der Waals surface area contributed by atoms with E-state index in [0.29, 0.717) is 22.8 Å². The number of H-pyrrole nitrogens is 1. The van der Waals surface area contributed by atoms with Gasteiger partial charge in [0.15, 0.2) is 11.8 Å². The molecular weight excluding hydrogens is 470 g/mol. The molecule has 11 heteroatoms. The number of pyridine rings is 1. The van der Waals surface area contributed by atoms with Crippen molar-refractivity contribution in [3.05, 3.63) is 68.6 Å². The standard InChI is InChI=1S/C22H21Cl2FN6O2/c1-12(19-15(23)2-3-16(25)20(19)24)33-31-18-5-4-17(28-21(18)29-22(31)32)14-9-27-30(11-14)10-13-6-7-26-8-13/h2-5,9,11-13,26H,6-8,10H2,1H3,(H,28,29,32)/t12?,13-/m1/s1. The summed E-state index contributed by atoms with van der Waals surface area (Å²) in [5.74, 6) is -0.0494. The zero-order valence-corrected chi connectivity index (χ0v) is 19.2. The summed E-state index contributed by atoms with van der Waals surface area (Å²) in [6.45, 7) is 4.52. The maximum absolute atomic E-state index is 13.9. The fourth-order valence-electron chi connectivity index (χ4n) is 4.09.